The van der Waals surface area contributed by atoms with Crippen molar-refractivity contribution in [3.63, 3.8) is 0 Å². The summed E-state index contributed by atoms with van der Waals surface area (Å²) in [6, 6.07) is 0.408. The third kappa shape index (κ3) is 3.67. The van der Waals surface area contributed by atoms with Crippen molar-refractivity contribution in [3.05, 3.63) is 18.2 Å². The molecular formula is C12H23N3. The van der Waals surface area contributed by atoms with Crippen LogP contribution in [-0.2, 0) is 7.05 Å². The Morgan fingerprint density at radius 3 is 2.67 bits per heavy atom. The van der Waals surface area contributed by atoms with E-state index in [0.29, 0.717) is 6.04 Å². The van der Waals surface area contributed by atoms with Gasteiger partial charge in [-0.15, -0.1) is 0 Å². The Hall–Kier alpha value is -0.830. The van der Waals surface area contributed by atoms with Gasteiger partial charge in [-0.3, -0.25) is 0 Å². The van der Waals surface area contributed by atoms with Crippen LogP contribution in [-0.4, -0.2) is 16.1 Å². The van der Waals surface area contributed by atoms with Crippen molar-refractivity contribution in [2.45, 2.75) is 39.7 Å². The highest BCUT2D eigenvalue weighted by Gasteiger charge is 2.15. The summed E-state index contributed by atoms with van der Waals surface area (Å²) in [7, 11) is 2.02. The average molecular weight is 209 g/mol. The van der Waals surface area contributed by atoms with Crippen molar-refractivity contribution in [2.24, 2.45) is 13.0 Å². The van der Waals surface area contributed by atoms with E-state index in [0.717, 1.165) is 12.5 Å². The molecule has 0 aliphatic rings. The molecule has 0 spiro atoms. The monoisotopic (exact) mass is 209 g/mol. The van der Waals surface area contributed by atoms with Crippen LogP contribution in [0.25, 0.3) is 0 Å². The fraction of sp³-hybridized carbons (Fsp3) is 0.750. The lowest BCUT2D eigenvalue weighted by atomic mass is 9.97. The highest BCUT2D eigenvalue weighted by Crippen LogP contribution is 2.21. The van der Waals surface area contributed by atoms with Gasteiger partial charge in [0.25, 0.3) is 0 Å². The first-order chi connectivity index (χ1) is 7.17. The van der Waals surface area contributed by atoms with Gasteiger partial charge < -0.3 is 9.88 Å². The molecule has 0 aromatic carbocycles. The second-order valence-electron chi connectivity index (χ2n) is 4.32. The van der Waals surface area contributed by atoms with Crippen LogP contribution in [0.15, 0.2) is 12.5 Å². The van der Waals surface area contributed by atoms with Crippen LogP contribution in [0.4, 0.5) is 0 Å². The van der Waals surface area contributed by atoms with E-state index >= 15 is 0 Å². The van der Waals surface area contributed by atoms with Gasteiger partial charge in [0.2, 0.25) is 0 Å². The maximum atomic E-state index is 4.42. The molecule has 0 bridgehead atoms. The Morgan fingerprint density at radius 2 is 2.20 bits per heavy atom. The van der Waals surface area contributed by atoms with E-state index in [9.17, 15) is 0 Å². The van der Waals surface area contributed by atoms with E-state index in [1.54, 1.807) is 0 Å². The summed E-state index contributed by atoms with van der Waals surface area (Å²) in [6.07, 6.45) is 6.38. The minimum Gasteiger partial charge on any atom is -0.340 e. The molecule has 0 radical (unpaired) electrons. The van der Waals surface area contributed by atoms with Gasteiger partial charge >= 0.3 is 0 Å². The molecule has 1 rings (SSSR count). The van der Waals surface area contributed by atoms with E-state index in [1.807, 2.05) is 17.9 Å². The Labute approximate surface area is 92.9 Å². The van der Waals surface area contributed by atoms with Crippen molar-refractivity contribution in [1.82, 2.24) is 14.9 Å². The number of nitrogens with zero attached hydrogens (tertiary/aromatic N) is 2. The molecule has 3 nitrogen and oxygen atoms in total. The molecule has 0 fully saturated rings. The van der Waals surface area contributed by atoms with Gasteiger partial charge in [-0.25, -0.2) is 4.98 Å². The lowest BCUT2D eigenvalue weighted by molar-refractivity contribution is 0.403. The number of aryl methyl sites for hydroxylation is 1. The molecule has 86 valence electrons. The Kier molecular flexibility index (Phi) is 4.82. The zero-order valence-corrected chi connectivity index (χ0v) is 10.3. The van der Waals surface area contributed by atoms with Crippen molar-refractivity contribution in [2.75, 3.05) is 6.54 Å². The van der Waals surface area contributed by atoms with Crippen LogP contribution in [0.2, 0.25) is 0 Å². The zero-order chi connectivity index (χ0) is 11.3. The van der Waals surface area contributed by atoms with E-state index in [1.165, 1.54) is 18.5 Å². The van der Waals surface area contributed by atoms with E-state index in [2.05, 4.69) is 37.3 Å². The summed E-state index contributed by atoms with van der Waals surface area (Å²) < 4.78 is 2.01. The molecule has 0 aliphatic heterocycles. The van der Waals surface area contributed by atoms with Crippen molar-refractivity contribution >= 4 is 0 Å². The number of imidazole rings is 1. The van der Waals surface area contributed by atoms with Crippen LogP contribution in [0.3, 0.4) is 0 Å². The van der Waals surface area contributed by atoms with E-state index in [4.69, 9.17) is 0 Å². The highest BCUT2D eigenvalue weighted by molar-refractivity contribution is 5.03. The fourth-order valence-electron chi connectivity index (χ4n) is 1.74. The molecular weight excluding hydrogens is 186 g/mol. The first-order valence-electron chi connectivity index (χ1n) is 5.88. The number of hydrogen-bond donors (Lipinski definition) is 1. The molecule has 3 heteroatoms. The van der Waals surface area contributed by atoms with Gasteiger partial charge in [-0.1, -0.05) is 27.2 Å². The summed E-state index contributed by atoms with van der Waals surface area (Å²) in [6.45, 7) is 7.68. The first-order valence-corrected chi connectivity index (χ1v) is 5.88. The summed E-state index contributed by atoms with van der Waals surface area (Å²) in [4.78, 5) is 4.42. The summed E-state index contributed by atoms with van der Waals surface area (Å²) in [5.41, 5.74) is 1.17. The van der Waals surface area contributed by atoms with E-state index in [-0.39, 0.29) is 0 Å². The van der Waals surface area contributed by atoms with E-state index < -0.39 is 0 Å². The van der Waals surface area contributed by atoms with Gasteiger partial charge in [0.15, 0.2) is 0 Å². The molecule has 1 heterocycles. The molecule has 0 aliphatic carbocycles. The molecule has 2 unspecified atom stereocenters. The molecule has 0 saturated carbocycles. The second-order valence-corrected chi connectivity index (χ2v) is 4.32. The Morgan fingerprint density at radius 1 is 1.47 bits per heavy atom. The van der Waals surface area contributed by atoms with Gasteiger partial charge in [-0.05, 0) is 18.9 Å². The van der Waals surface area contributed by atoms with Crippen LogP contribution >= 0.6 is 0 Å². The number of nitrogens with one attached hydrogen (secondary N) is 1. The van der Waals surface area contributed by atoms with Crippen LogP contribution in [0, 0.1) is 5.92 Å². The number of aromatic nitrogens is 2. The van der Waals surface area contributed by atoms with Gasteiger partial charge in [0.1, 0.15) is 0 Å². The quantitative estimate of drug-likeness (QED) is 0.780. The molecule has 1 aromatic rings. The summed E-state index contributed by atoms with van der Waals surface area (Å²) in [5.74, 6) is 0.746. The minimum atomic E-state index is 0.408. The minimum absolute atomic E-state index is 0.408. The van der Waals surface area contributed by atoms with Gasteiger partial charge in [0.05, 0.1) is 18.1 Å². The maximum Gasteiger partial charge on any atom is 0.0947 e. The van der Waals surface area contributed by atoms with Crippen molar-refractivity contribution in [1.29, 1.82) is 0 Å². The topological polar surface area (TPSA) is 29.9 Å². The molecule has 1 N–H and O–H groups in total. The predicted molar refractivity (Wildman–Crippen MR) is 63.7 cm³/mol. The summed E-state index contributed by atoms with van der Waals surface area (Å²) in [5, 5.41) is 3.50. The zero-order valence-electron chi connectivity index (χ0n) is 10.3. The van der Waals surface area contributed by atoms with Crippen LogP contribution in [0.5, 0.6) is 0 Å². The standard InChI is InChI=1S/C12H23N3/c1-5-10(3)7-11(13-6-2)12-8-15(4)9-14-12/h8-11,13H,5-7H2,1-4H3. The maximum absolute atomic E-state index is 4.42. The fourth-order valence-corrected chi connectivity index (χ4v) is 1.74. The Balaban J connectivity index is 2.65. The lowest BCUT2D eigenvalue weighted by Gasteiger charge is -2.19. The second kappa shape index (κ2) is 5.91. The molecule has 1 aromatic heterocycles. The Bertz CT molecular complexity index is 280. The van der Waals surface area contributed by atoms with Gasteiger partial charge in [-0.2, -0.15) is 0 Å². The molecule has 0 amide bonds. The largest absolute Gasteiger partial charge is 0.340 e. The van der Waals surface area contributed by atoms with Gasteiger partial charge in [0, 0.05) is 13.2 Å². The lowest BCUT2D eigenvalue weighted by Crippen LogP contribution is -2.23. The van der Waals surface area contributed by atoms with Crippen molar-refractivity contribution < 1.29 is 0 Å². The molecule has 0 saturated heterocycles. The number of rotatable bonds is 6. The summed E-state index contributed by atoms with van der Waals surface area (Å²) >= 11 is 0. The first kappa shape index (κ1) is 12.2. The smallest absolute Gasteiger partial charge is 0.0947 e. The highest BCUT2D eigenvalue weighted by atomic mass is 15.0. The molecule has 2 atom stereocenters. The average Bonchev–Trinajstić information content (AvgIpc) is 2.64. The van der Waals surface area contributed by atoms with Crippen LogP contribution < -0.4 is 5.32 Å². The van der Waals surface area contributed by atoms with Crippen molar-refractivity contribution in [3.8, 4) is 0 Å². The normalized spacial score (nSPS) is 15.2. The SMILES string of the molecule is CCNC(CC(C)CC)c1cn(C)cn1. The third-order valence-electron chi connectivity index (χ3n) is 2.87. The van der Waals surface area contributed by atoms with Crippen LogP contribution in [0.1, 0.15) is 45.3 Å². The third-order valence-corrected chi connectivity index (χ3v) is 2.87. The number of hydrogen-bond acceptors (Lipinski definition) is 2. The predicted octanol–water partition coefficient (Wildman–Crippen LogP) is 2.51. The molecule has 15 heavy (non-hydrogen) atoms.